The van der Waals surface area contributed by atoms with Gasteiger partial charge in [-0.25, -0.2) is 0 Å². The quantitative estimate of drug-likeness (QED) is 0.822. The largest absolute Gasteiger partial charge is 0.378 e. The molecule has 0 spiro atoms. The van der Waals surface area contributed by atoms with Crippen molar-refractivity contribution >= 4 is 18.3 Å². The van der Waals surface area contributed by atoms with Crippen molar-refractivity contribution in [3.05, 3.63) is 35.9 Å². The third-order valence-corrected chi connectivity index (χ3v) is 2.42. The van der Waals surface area contributed by atoms with Gasteiger partial charge < -0.3 is 15.3 Å². The molecule has 0 aromatic heterocycles. The number of halogens is 1. The molecule has 1 rings (SSSR count). The highest BCUT2D eigenvalue weighted by atomic mass is 35.5. The molecule has 0 saturated carbocycles. The molecule has 17 heavy (non-hydrogen) atoms. The Morgan fingerprint density at radius 1 is 1.41 bits per heavy atom. The number of hydrogen-bond acceptors (Lipinski definition) is 3. The van der Waals surface area contributed by atoms with Gasteiger partial charge in [0, 0.05) is 20.1 Å². The van der Waals surface area contributed by atoms with Crippen molar-refractivity contribution in [2.75, 3.05) is 27.2 Å². The summed E-state index contributed by atoms with van der Waals surface area (Å²) in [5, 5.41) is 12.8. The molecule has 0 heterocycles. The van der Waals surface area contributed by atoms with Crippen LogP contribution in [0.25, 0.3) is 0 Å². The Morgan fingerprint density at radius 3 is 2.53 bits per heavy atom. The fourth-order valence-electron chi connectivity index (χ4n) is 1.38. The molecule has 0 aliphatic rings. The zero-order valence-electron chi connectivity index (χ0n) is 10.1. The van der Waals surface area contributed by atoms with Crippen LogP contribution in [0.1, 0.15) is 11.7 Å². The van der Waals surface area contributed by atoms with Gasteiger partial charge in [-0.1, -0.05) is 30.3 Å². The number of nitrogens with one attached hydrogen (secondary N) is 1. The molecule has 0 fully saturated rings. The summed E-state index contributed by atoms with van der Waals surface area (Å²) >= 11 is 0. The zero-order chi connectivity index (χ0) is 12.0. The molecule has 5 heteroatoms. The molecule has 0 bridgehead atoms. The normalized spacial score (nSPS) is 11.5. The lowest BCUT2D eigenvalue weighted by atomic mass is 10.1. The van der Waals surface area contributed by atoms with Gasteiger partial charge >= 0.3 is 0 Å². The number of likely N-dealkylation sites (N-methyl/N-ethyl adjacent to an activating group) is 2. The number of carbonyl (C=O) groups excluding carboxylic acids is 1. The Balaban J connectivity index is 0.00000256. The van der Waals surface area contributed by atoms with Crippen LogP contribution in [0, 0.1) is 0 Å². The lowest BCUT2D eigenvalue weighted by Crippen LogP contribution is -2.36. The molecule has 1 atom stereocenters. The number of benzene rings is 1. The van der Waals surface area contributed by atoms with E-state index in [-0.39, 0.29) is 18.3 Å². The van der Waals surface area contributed by atoms with Gasteiger partial charge in [-0.15, -0.1) is 12.4 Å². The molecule has 1 aromatic carbocycles. The molecular weight excluding hydrogens is 240 g/mol. The van der Waals surface area contributed by atoms with E-state index < -0.39 is 6.10 Å². The molecule has 4 nitrogen and oxygen atoms in total. The average molecular weight is 259 g/mol. The van der Waals surface area contributed by atoms with Crippen LogP contribution in [-0.2, 0) is 4.79 Å². The Morgan fingerprint density at radius 2 is 2.00 bits per heavy atom. The molecule has 1 unspecified atom stereocenters. The Bertz CT molecular complexity index is 333. The van der Waals surface area contributed by atoms with Crippen molar-refractivity contribution in [3.8, 4) is 0 Å². The van der Waals surface area contributed by atoms with Crippen LogP contribution in [0.2, 0.25) is 0 Å². The fraction of sp³-hybridized carbons (Fsp3) is 0.417. The maximum Gasteiger partial charge on any atom is 0.255 e. The first kappa shape index (κ1) is 15.9. The van der Waals surface area contributed by atoms with E-state index in [2.05, 4.69) is 5.32 Å². The number of amides is 1. The number of hydrogen-bond donors (Lipinski definition) is 2. The monoisotopic (exact) mass is 258 g/mol. The second-order valence-corrected chi connectivity index (χ2v) is 3.68. The van der Waals surface area contributed by atoms with E-state index in [0.29, 0.717) is 18.7 Å². The predicted molar refractivity (Wildman–Crippen MR) is 70.2 cm³/mol. The summed E-state index contributed by atoms with van der Waals surface area (Å²) in [6, 6.07) is 8.95. The van der Waals surface area contributed by atoms with Crippen molar-refractivity contribution < 1.29 is 9.90 Å². The molecule has 0 saturated heterocycles. The van der Waals surface area contributed by atoms with Gasteiger partial charge in [-0.3, -0.25) is 4.79 Å². The minimum absolute atomic E-state index is 0. The lowest BCUT2D eigenvalue weighted by molar-refractivity contribution is -0.139. The van der Waals surface area contributed by atoms with E-state index >= 15 is 0 Å². The first-order valence-corrected chi connectivity index (χ1v) is 5.29. The third kappa shape index (κ3) is 4.73. The SMILES string of the molecule is CNCCN(C)C(=O)C(O)c1ccccc1.Cl. The number of carbonyl (C=O) groups is 1. The highest BCUT2D eigenvalue weighted by molar-refractivity contribution is 5.85. The highest BCUT2D eigenvalue weighted by Gasteiger charge is 2.20. The molecule has 0 aliphatic carbocycles. The number of aliphatic hydroxyl groups excluding tert-OH is 1. The minimum Gasteiger partial charge on any atom is -0.378 e. The lowest BCUT2D eigenvalue weighted by Gasteiger charge is -2.20. The topological polar surface area (TPSA) is 52.6 Å². The van der Waals surface area contributed by atoms with E-state index in [1.165, 1.54) is 4.90 Å². The second kappa shape index (κ2) is 8.06. The van der Waals surface area contributed by atoms with Crippen LogP contribution in [0.15, 0.2) is 30.3 Å². The summed E-state index contributed by atoms with van der Waals surface area (Å²) in [5.74, 6) is -0.276. The summed E-state index contributed by atoms with van der Waals surface area (Å²) in [7, 11) is 3.51. The van der Waals surface area contributed by atoms with Gasteiger partial charge in [-0.2, -0.15) is 0 Å². The van der Waals surface area contributed by atoms with E-state index in [9.17, 15) is 9.90 Å². The fourth-order valence-corrected chi connectivity index (χ4v) is 1.38. The van der Waals surface area contributed by atoms with E-state index in [1.54, 1.807) is 31.3 Å². The van der Waals surface area contributed by atoms with Crippen LogP contribution in [0.5, 0.6) is 0 Å². The summed E-state index contributed by atoms with van der Waals surface area (Å²) in [6.45, 7) is 1.29. The van der Waals surface area contributed by atoms with Gasteiger partial charge in [0.05, 0.1) is 0 Å². The second-order valence-electron chi connectivity index (χ2n) is 3.68. The molecule has 1 amide bonds. The van der Waals surface area contributed by atoms with Gasteiger partial charge in [0.15, 0.2) is 6.10 Å². The third-order valence-electron chi connectivity index (χ3n) is 2.42. The predicted octanol–water partition coefficient (Wildman–Crippen LogP) is 0.820. The van der Waals surface area contributed by atoms with Crippen molar-refractivity contribution in [1.82, 2.24) is 10.2 Å². The minimum atomic E-state index is -1.07. The summed E-state index contributed by atoms with van der Waals surface area (Å²) in [6.07, 6.45) is -1.07. The molecule has 0 aliphatic heterocycles. The maximum atomic E-state index is 11.8. The van der Waals surface area contributed by atoms with Crippen molar-refractivity contribution in [2.45, 2.75) is 6.10 Å². The van der Waals surface area contributed by atoms with Crippen LogP contribution in [-0.4, -0.2) is 43.1 Å². The molecular formula is C12H19ClN2O2. The van der Waals surface area contributed by atoms with Crippen molar-refractivity contribution in [3.63, 3.8) is 0 Å². The molecule has 0 radical (unpaired) electrons. The van der Waals surface area contributed by atoms with Gasteiger partial charge in [0.25, 0.3) is 5.91 Å². The van der Waals surface area contributed by atoms with Gasteiger partial charge in [0.1, 0.15) is 0 Å². The van der Waals surface area contributed by atoms with E-state index in [4.69, 9.17) is 0 Å². The van der Waals surface area contributed by atoms with Crippen molar-refractivity contribution in [2.24, 2.45) is 0 Å². The smallest absolute Gasteiger partial charge is 0.255 e. The average Bonchev–Trinajstić information content (AvgIpc) is 2.35. The molecule has 2 N–H and O–H groups in total. The van der Waals surface area contributed by atoms with Crippen molar-refractivity contribution in [1.29, 1.82) is 0 Å². The summed E-state index contributed by atoms with van der Waals surface area (Å²) in [4.78, 5) is 13.3. The first-order chi connectivity index (χ1) is 7.66. The Hall–Kier alpha value is -1.10. The highest BCUT2D eigenvalue weighted by Crippen LogP contribution is 2.14. The van der Waals surface area contributed by atoms with Gasteiger partial charge in [-0.05, 0) is 12.6 Å². The zero-order valence-corrected chi connectivity index (χ0v) is 10.9. The van der Waals surface area contributed by atoms with Gasteiger partial charge in [0.2, 0.25) is 0 Å². The Kier molecular flexibility index (Phi) is 7.54. The number of aliphatic hydroxyl groups is 1. The summed E-state index contributed by atoms with van der Waals surface area (Å²) < 4.78 is 0. The van der Waals surface area contributed by atoms with Crippen LogP contribution < -0.4 is 5.32 Å². The first-order valence-electron chi connectivity index (χ1n) is 5.29. The standard InChI is InChI=1S/C12H18N2O2.ClH/c1-13-8-9-14(2)12(16)11(15)10-6-4-3-5-7-10;/h3-7,11,13,15H,8-9H2,1-2H3;1H. The number of rotatable bonds is 5. The maximum absolute atomic E-state index is 11.8. The van der Waals surface area contributed by atoms with Crippen LogP contribution in [0.3, 0.4) is 0 Å². The van der Waals surface area contributed by atoms with Crippen LogP contribution >= 0.6 is 12.4 Å². The van der Waals surface area contributed by atoms with E-state index in [0.717, 1.165) is 0 Å². The molecule has 1 aromatic rings. The molecule has 96 valence electrons. The summed E-state index contributed by atoms with van der Waals surface area (Å²) in [5.41, 5.74) is 0.629. The van der Waals surface area contributed by atoms with Crippen LogP contribution in [0.4, 0.5) is 0 Å². The number of nitrogens with zero attached hydrogens (tertiary/aromatic N) is 1. The van der Waals surface area contributed by atoms with E-state index in [1.807, 2.05) is 13.1 Å². The Labute approximate surface area is 108 Å².